The van der Waals surface area contributed by atoms with Gasteiger partial charge in [-0.3, -0.25) is 0 Å². The highest BCUT2D eigenvalue weighted by Crippen LogP contribution is 2.26. The second kappa shape index (κ2) is 5.25. The van der Waals surface area contributed by atoms with E-state index < -0.39 is 0 Å². The van der Waals surface area contributed by atoms with E-state index in [4.69, 9.17) is 11.6 Å². The second-order valence-electron chi connectivity index (χ2n) is 2.51. The van der Waals surface area contributed by atoms with E-state index in [9.17, 15) is 0 Å². The topological polar surface area (TPSA) is 0 Å². The van der Waals surface area contributed by atoms with Gasteiger partial charge in [-0.05, 0) is 40.4 Å². The van der Waals surface area contributed by atoms with Gasteiger partial charge in [0.1, 0.15) is 0 Å². The lowest BCUT2D eigenvalue weighted by atomic mass is 10.1. The first-order chi connectivity index (χ1) is 5.75. The molecular weight excluding hydrogens is 303 g/mol. The molecule has 0 spiro atoms. The quantitative estimate of drug-likeness (QED) is 0.724. The highest BCUT2D eigenvalue weighted by atomic mass is 79.9. The molecule has 0 fully saturated rings. The molecule has 0 nitrogen and oxygen atoms in total. The lowest BCUT2D eigenvalue weighted by Gasteiger charge is -2.03. The summed E-state index contributed by atoms with van der Waals surface area (Å²) < 4.78 is 0.983. The van der Waals surface area contributed by atoms with Crippen molar-refractivity contribution in [3.05, 3.63) is 33.3 Å². The van der Waals surface area contributed by atoms with Gasteiger partial charge < -0.3 is 0 Å². The zero-order valence-electron chi connectivity index (χ0n) is 6.49. The summed E-state index contributed by atoms with van der Waals surface area (Å²) in [4.78, 5) is 0. The third-order valence-electron chi connectivity index (χ3n) is 1.61. The van der Waals surface area contributed by atoms with Crippen molar-refractivity contribution in [1.29, 1.82) is 0 Å². The van der Waals surface area contributed by atoms with Crippen molar-refractivity contribution in [3.63, 3.8) is 0 Å². The maximum atomic E-state index is 6.07. The van der Waals surface area contributed by atoms with E-state index in [1.54, 1.807) is 0 Å². The zero-order chi connectivity index (χ0) is 8.97. The van der Waals surface area contributed by atoms with Crippen LogP contribution in [0.1, 0.15) is 12.0 Å². The standard InChI is InChI=1S/C9H9Br2Cl/c10-6-2-4-7-3-1-5-8(11)9(7)12/h1,3,5H,2,4,6H2. The van der Waals surface area contributed by atoms with E-state index in [2.05, 4.69) is 37.9 Å². The van der Waals surface area contributed by atoms with E-state index >= 15 is 0 Å². The van der Waals surface area contributed by atoms with Crippen LogP contribution < -0.4 is 0 Å². The Balaban J connectivity index is 2.78. The molecule has 0 aliphatic heterocycles. The molecule has 3 heteroatoms. The van der Waals surface area contributed by atoms with Crippen LogP contribution in [0.25, 0.3) is 0 Å². The third kappa shape index (κ3) is 2.75. The molecule has 1 aromatic rings. The summed E-state index contributed by atoms with van der Waals surface area (Å²) in [6.45, 7) is 0. The van der Waals surface area contributed by atoms with Crippen molar-refractivity contribution in [2.24, 2.45) is 0 Å². The van der Waals surface area contributed by atoms with Gasteiger partial charge in [0.2, 0.25) is 0 Å². The van der Waals surface area contributed by atoms with E-state index in [1.807, 2.05) is 12.1 Å². The van der Waals surface area contributed by atoms with Gasteiger partial charge in [0, 0.05) is 9.80 Å². The van der Waals surface area contributed by atoms with Gasteiger partial charge in [0.05, 0.1) is 5.02 Å². The highest BCUT2D eigenvalue weighted by molar-refractivity contribution is 9.10. The van der Waals surface area contributed by atoms with Crippen LogP contribution >= 0.6 is 43.5 Å². The van der Waals surface area contributed by atoms with Crippen LogP contribution in [0.2, 0.25) is 5.02 Å². The number of benzene rings is 1. The zero-order valence-corrected chi connectivity index (χ0v) is 10.4. The SMILES string of the molecule is Clc1c(Br)cccc1CCCBr. The Hall–Kier alpha value is 0.470. The largest absolute Gasteiger partial charge is 0.0928 e. The highest BCUT2D eigenvalue weighted by Gasteiger charge is 2.02. The van der Waals surface area contributed by atoms with Crippen LogP contribution in [0.4, 0.5) is 0 Å². The molecule has 0 aromatic heterocycles. The fraction of sp³-hybridized carbons (Fsp3) is 0.333. The van der Waals surface area contributed by atoms with Crippen molar-refractivity contribution in [2.75, 3.05) is 5.33 Å². The Morgan fingerprint density at radius 2 is 2.08 bits per heavy atom. The van der Waals surface area contributed by atoms with Gasteiger partial charge >= 0.3 is 0 Å². The molecule has 0 aliphatic rings. The Labute approximate surface area is 94.6 Å². The number of hydrogen-bond donors (Lipinski definition) is 0. The minimum absolute atomic E-state index is 0.846. The van der Waals surface area contributed by atoms with E-state index in [0.29, 0.717) is 0 Å². The normalized spacial score (nSPS) is 10.2. The minimum Gasteiger partial charge on any atom is -0.0928 e. The average Bonchev–Trinajstić information content (AvgIpc) is 2.08. The van der Waals surface area contributed by atoms with E-state index in [1.165, 1.54) is 5.56 Å². The number of rotatable bonds is 3. The van der Waals surface area contributed by atoms with Crippen molar-refractivity contribution in [1.82, 2.24) is 0 Å². The first kappa shape index (κ1) is 10.6. The number of halogens is 3. The second-order valence-corrected chi connectivity index (χ2v) is 4.53. The summed E-state index contributed by atoms with van der Waals surface area (Å²) >= 11 is 12.9. The molecule has 0 bridgehead atoms. The summed E-state index contributed by atoms with van der Waals surface area (Å²) in [6.07, 6.45) is 2.15. The molecule has 0 saturated carbocycles. The summed E-state index contributed by atoms with van der Waals surface area (Å²) in [5.41, 5.74) is 1.21. The molecule has 0 atom stereocenters. The smallest absolute Gasteiger partial charge is 0.0580 e. The number of alkyl halides is 1. The molecule has 0 saturated heterocycles. The van der Waals surface area contributed by atoms with Gasteiger partial charge in [-0.25, -0.2) is 0 Å². The summed E-state index contributed by atoms with van der Waals surface area (Å²) in [5, 5.41) is 1.87. The molecule has 66 valence electrons. The van der Waals surface area contributed by atoms with Gasteiger partial charge in [-0.15, -0.1) is 0 Å². The van der Waals surface area contributed by atoms with Crippen molar-refractivity contribution < 1.29 is 0 Å². The molecule has 1 aromatic carbocycles. The van der Waals surface area contributed by atoms with E-state index in [0.717, 1.165) is 27.7 Å². The molecule has 0 N–H and O–H groups in total. The molecule has 0 amide bonds. The maximum absolute atomic E-state index is 6.07. The van der Waals surface area contributed by atoms with Crippen LogP contribution in [0, 0.1) is 0 Å². The summed E-state index contributed by atoms with van der Waals surface area (Å²) in [6, 6.07) is 6.04. The van der Waals surface area contributed by atoms with Crippen molar-refractivity contribution in [2.45, 2.75) is 12.8 Å². The third-order valence-corrected chi connectivity index (χ3v) is 3.51. The maximum Gasteiger partial charge on any atom is 0.0580 e. The number of hydrogen-bond acceptors (Lipinski definition) is 0. The Bertz CT molecular complexity index is 261. The van der Waals surface area contributed by atoms with Crippen molar-refractivity contribution in [3.8, 4) is 0 Å². The fourth-order valence-corrected chi connectivity index (χ4v) is 1.91. The predicted octanol–water partition coefficient (Wildman–Crippen LogP) is 4.43. The van der Waals surface area contributed by atoms with Gasteiger partial charge in [-0.1, -0.05) is 39.7 Å². The molecule has 0 aliphatic carbocycles. The molecular formula is C9H9Br2Cl. The van der Waals surface area contributed by atoms with Crippen LogP contribution in [0.15, 0.2) is 22.7 Å². The van der Waals surface area contributed by atoms with Crippen LogP contribution in [0.5, 0.6) is 0 Å². The average molecular weight is 312 g/mol. The predicted molar refractivity (Wildman–Crippen MR) is 61.3 cm³/mol. The van der Waals surface area contributed by atoms with Crippen LogP contribution in [-0.4, -0.2) is 5.33 Å². The fourth-order valence-electron chi connectivity index (χ4n) is 0.999. The minimum atomic E-state index is 0.846. The molecule has 1 rings (SSSR count). The Kier molecular flexibility index (Phi) is 4.62. The van der Waals surface area contributed by atoms with Gasteiger partial charge in [0.15, 0.2) is 0 Å². The number of aryl methyl sites for hydroxylation is 1. The summed E-state index contributed by atoms with van der Waals surface area (Å²) in [5.74, 6) is 0. The Morgan fingerprint density at radius 3 is 2.75 bits per heavy atom. The molecule has 12 heavy (non-hydrogen) atoms. The first-order valence-electron chi connectivity index (χ1n) is 3.74. The Morgan fingerprint density at radius 1 is 1.33 bits per heavy atom. The lowest BCUT2D eigenvalue weighted by molar-refractivity contribution is 0.939. The monoisotopic (exact) mass is 310 g/mol. The first-order valence-corrected chi connectivity index (χ1v) is 6.04. The summed E-state index contributed by atoms with van der Waals surface area (Å²) in [7, 11) is 0. The van der Waals surface area contributed by atoms with E-state index in [-0.39, 0.29) is 0 Å². The van der Waals surface area contributed by atoms with Crippen LogP contribution in [-0.2, 0) is 6.42 Å². The van der Waals surface area contributed by atoms with Crippen LogP contribution in [0.3, 0.4) is 0 Å². The molecule has 0 radical (unpaired) electrons. The molecule has 0 heterocycles. The lowest BCUT2D eigenvalue weighted by Crippen LogP contribution is -1.87. The van der Waals surface area contributed by atoms with Gasteiger partial charge in [-0.2, -0.15) is 0 Å². The molecule has 0 unspecified atom stereocenters. The van der Waals surface area contributed by atoms with Gasteiger partial charge in [0.25, 0.3) is 0 Å². The van der Waals surface area contributed by atoms with Crippen molar-refractivity contribution >= 4 is 43.5 Å².